The highest BCUT2D eigenvalue weighted by Gasteiger charge is 2.17. The van der Waals surface area contributed by atoms with Crippen molar-refractivity contribution < 1.29 is 14.3 Å². The van der Waals surface area contributed by atoms with Crippen LogP contribution in [0.4, 0.5) is 5.00 Å². The van der Waals surface area contributed by atoms with Crippen molar-refractivity contribution in [1.82, 2.24) is 0 Å². The predicted molar refractivity (Wildman–Crippen MR) is 83.8 cm³/mol. The number of thiophene rings is 1. The fraction of sp³-hybridized carbons (Fsp3) is 0.250. The van der Waals surface area contributed by atoms with Crippen molar-refractivity contribution in [2.75, 3.05) is 12.4 Å². The van der Waals surface area contributed by atoms with Crippen LogP contribution in [0.3, 0.4) is 0 Å². The van der Waals surface area contributed by atoms with E-state index in [2.05, 4.69) is 10.1 Å². The Balaban J connectivity index is 1.99. The average Bonchev–Trinajstić information content (AvgIpc) is 2.95. The molecular formula is C16H17NO3S. The standard InChI is InChI=1S/C16H17NO3S/c1-11(12-6-4-3-5-7-12)10-14(18)17-15-13(8-9-21-15)16(19)20-2/h3-9,11H,10H2,1-2H3,(H,17,18). The molecule has 1 unspecified atom stereocenters. The molecule has 1 N–H and O–H groups in total. The Morgan fingerprint density at radius 2 is 1.95 bits per heavy atom. The first kappa shape index (κ1) is 15.3. The van der Waals surface area contributed by atoms with Crippen LogP contribution < -0.4 is 5.32 Å². The maximum Gasteiger partial charge on any atom is 0.340 e. The normalized spacial score (nSPS) is 11.7. The smallest absolute Gasteiger partial charge is 0.340 e. The molecule has 0 saturated carbocycles. The van der Waals surface area contributed by atoms with Crippen molar-refractivity contribution in [2.24, 2.45) is 0 Å². The largest absolute Gasteiger partial charge is 0.465 e. The fourth-order valence-corrected chi connectivity index (χ4v) is 2.82. The van der Waals surface area contributed by atoms with Crippen LogP contribution in [0.5, 0.6) is 0 Å². The van der Waals surface area contributed by atoms with E-state index in [4.69, 9.17) is 0 Å². The number of carbonyl (C=O) groups is 2. The maximum atomic E-state index is 12.1. The summed E-state index contributed by atoms with van der Waals surface area (Å²) >= 11 is 1.31. The summed E-state index contributed by atoms with van der Waals surface area (Å²) in [6.07, 6.45) is 0.364. The number of anilines is 1. The van der Waals surface area contributed by atoms with Gasteiger partial charge in [0.1, 0.15) is 5.00 Å². The van der Waals surface area contributed by atoms with Crippen LogP contribution in [-0.4, -0.2) is 19.0 Å². The van der Waals surface area contributed by atoms with Crippen LogP contribution in [-0.2, 0) is 9.53 Å². The quantitative estimate of drug-likeness (QED) is 0.857. The molecule has 0 radical (unpaired) electrons. The lowest BCUT2D eigenvalue weighted by molar-refractivity contribution is -0.116. The first-order valence-electron chi connectivity index (χ1n) is 6.62. The molecule has 1 heterocycles. The Morgan fingerprint density at radius 1 is 1.24 bits per heavy atom. The summed E-state index contributed by atoms with van der Waals surface area (Å²) in [5.41, 5.74) is 1.51. The molecule has 0 spiro atoms. The van der Waals surface area contributed by atoms with Gasteiger partial charge in [-0.25, -0.2) is 4.79 Å². The summed E-state index contributed by atoms with van der Waals surface area (Å²) in [5, 5.41) is 5.07. The lowest BCUT2D eigenvalue weighted by Gasteiger charge is -2.11. The van der Waals surface area contributed by atoms with E-state index in [1.165, 1.54) is 18.4 Å². The second kappa shape index (κ2) is 7.04. The SMILES string of the molecule is COC(=O)c1ccsc1NC(=O)CC(C)c1ccccc1. The number of esters is 1. The van der Waals surface area contributed by atoms with Gasteiger partial charge in [0.25, 0.3) is 0 Å². The molecular weight excluding hydrogens is 286 g/mol. The molecule has 0 aliphatic carbocycles. The van der Waals surface area contributed by atoms with Gasteiger partial charge >= 0.3 is 5.97 Å². The van der Waals surface area contributed by atoms with Gasteiger partial charge in [-0.2, -0.15) is 0 Å². The molecule has 0 saturated heterocycles. The van der Waals surface area contributed by atoms with Crippen molar-refractivity contribution in [3.8, 4) is 0 Å². The molecule has 0 bridgehead atoms. The van der Waals surface area contributed by atoms with E-state index in [0.29, 0.717) is 17.0 Å². The highest BCUT2D eigenvalue weighted by atomic mass is 32.1. The van der Waals surface area contributed by atoms with Gasteiger partial charge in [-0.1, -0.05) is 37.3 Å². The molecule has 0 aliphatic heterocycles. The second-order valence-corrected chi connectivity index (χ2v) is 5.64. The lowest BCUT2D eigenvalue weighted by atomic mass is 9.98. The Bertz CT molecular complexity index is 621. The summed E-state index contributed by atoms with van der Waals surface area (Å²) in [4.78, 5) is 23.7. The number of rotatable bonds is 5. The second-order valence-electron chi connectivity index (χ2n) is 4.72. The van der Waals surface area contributed by atoms with Gasteiger partial charge in [0.05, 0.1) is 12.7 Å². The Kier molecular flexibility index (Phi) is 5.11. The lowest BCUT2D eigenvalue weighted by Crippen LogP contribution is -2.15. The molecule has 4 nitrogen and oxygen atoms in total. The van der Waals surface area contributed by atoms with Gasteiger partial charge in [-0.3, -0.25) is 4.79 Å². The van der Waals surface area contributed by atoms with Crippen molar-refractivity contribution in [3.63, 3.8) is 0 Å². The Morgan fingerprint density at radius 3 is 2.62 bits per heavy atom. The van der Waals surface area contributed by atoms with Crippen molar-refractivity contribution in [1.29, 1.82) is 0 Å². The monoisotopic (exact) mass is 303 g/mol. The van der Waals surface area contributed by atoms with Crippen LogP contribution in [0.2, 0.25) is 0 Å². The van der Waals surface area contributed by atoms with Crippen LogP contribution in [0.25, 0.3) is 0 Å². The van der Waals surface area contributed by atoms with Gasteiger partial charge in [-0.15, -0.1) is 11.3 Å². The van der Waals surface area contributed by atoms with Crippen molar-refractivity contribution in [2.45, 2.75) is 19.3 Å². The fourth-order valence-electron chi connectivity index (χ4n) is 2.03. The molecule has 1 atom stereocenters. The summed E-state index contributed by atoms with van der Waals surface area (Å²) in [6.45, 7) is 2.00. The number of nitrogens with one attached hydrogen (secondary N) is 1. The third kappa shape index (κ3) is 3.92. The number of hydrogen-bond acceptors (Lipinski definition) is 4. The maximum absolute atomic E-state index is 12.1. The Labute approximate surface area is 127 Å². The van der Waals surface area contributed by atoms with Gasteiger partial charge in [0.2, 0.25) is 5.91 Å². The van der Waals surface area contributed by atoms with E-state index in [-0.39, 0.29) is 11.8 Å². The van der Waals surface area contributed by atoms with E-state index >= 15 is 0 Å². The van der Waals surface area contributed by atoms with E-state index in [1.54, 1.807) is 11.4 Å². The van der Waals surface area contributed by atoms with Crippen LogP contribution in [0.1, 0.15) is 35.2 Å². The molecule has 0 fully saturated rings. The van der Waals surface area contributed by atoms with E-state index in [1.807, 2.05) is 37.3 Å². The van der Waals surface area contributed by atoms with E-state index in [0.717, 1.165) is 5.56 Å². The van der Waals surface area contributed by atoms with Crippen molar-refractivity contribution in [3.05, 3.63) is 52.9 Å². The first-order valence-corrected chi connectivity index (χ1v) is 7.50. The minimum Gasteiger partial charge on any atom is -0.465 e. The number of methoxy groups -OCH3 is 1. The number of hydrogen-bond donors (Lipinski definition) is 1. The van der Waals surface area contributed by atoms with Gasteiger partial charge < -0.3 is 10.1 Å². The van der Waals surface area contributed by atoms with E-state index < -0.39 is 5.97 Å². The summed E-state index contributed by atoms with van der Waals surface area (Å²) in [5.74, 6) is -0.436. The van der Waals surface area contributed by atoms with Gasteiger partial charge in [0, 0.05) is 6.42 Å². The number of amides is 1. The zero-order valence-corrected chi connectivity index (χ0v) is 12.8. The molecule has 2 rings (SSSR count). The zero-order valence-electron chi connectivity index (χ0n) is 12.0. The molecule has 110 valence electrons. The van der Waals surface area contributed by atoms with Crippen LogP contribution in [0.15, 0.2) is 41.8 Å². The van der Waals surface area contributed by atoms with Crippen LogP contribution in [0, 0.1) is 0 Å². The third-order valence-corrected chi connectivity index (χ3v) is 4.01. The first-order chi connectivity index (χ1) is 10.1. The number of ether oxygens (including phenoxy) is 1. The highest BCUT2D eigenvalue weighted by molar-refractivity contribution is 7.14. The van der Waals surface area contributed by atoms with Crippen molar-refractivity contribution >= 4 is 28.2 Å². The molecule has 5 heteroatoms. The molecule has 1 aromatic carbocycles. The Hall–Kier alpha value is -2.14. The minimum atomic E-state index is -0.442. The summed E-state index contributed by atoms with van der Waals surface area (Å²) in [7, 11) is 1.32. The van der Waals surface area contributed by atoms with Gasteiger partial charge in [0.15, 0.2) is 0 Å². The zero-order chi connectivity index (χ0) is 15.2. The van der Waals surface area contributed by atoms with Crippen LogP contribution >= 0.6 is 11.3 Å². The molecule has 0 aliphatic rings. The summed E-state index contributed by atoms with van der Waals surface area (Å²) in [6, 6.07) is 11.5. The molecule has 1 aromatic heterocycles. The third-order valence-electron chi connectivity index (χ3n) is 3.18. The highest BCUT2D eigenvalue weighted by Crippen LogP contribution is 2.25. The van der Waals surface area contributed by atoms with E-state index in [9.17, 15) is 9.59 Å². The van der Waals surface area contributed by atoms with Gasteiger partial charge in [-0.05, 0) is 22.9 Å². The topological polar surface area (TPSA) is 55.4 Å². The minimum absolute atomic E-state index is 0.112. The average molecular weight is 303 g/mol. The predicted octanol–water partition coefficient (Wildman–Crippen LogP) is 3.67. The molecule has 2 aromatic rings. The molecule has 21 heavy (non-hydrogen) atoms. The molecule has 1 amide bonds. The number of benzene rings is 1. The number of carbonyl (C=O) groups excluding carboxylic acids is 2. The summed E-state index contributed by atoms with van der Waals surface area (Å²) < 4.78 is 4.68.